The van der Waals surface area contributed by atoms with Crippen molar-refractivity contribution in [2.75, 3.05) is 5.32 Å². The molecule has 1 aromatic carbocycles. The number of amidine groups is 1. The summed E-state index contributed by atoms with van der Waals surface area (Å²) in [4.78, 5) is 23.7. The number of aromatic nitrogens is 1. The fraction of sp³-hybridized carbons (Fsp3) is 0.118. The standard InChI is InChI=1S/C10H7ClN4OS.C7H8/c11-10-13-5-6(17)8(15-10)9(16)14-7-3-1-2-4-12-7;1-7-5-3-2-4-6-7/h1-5,8H,(H,12,14,16);2-6H,1H3. The Morgan fingerprint density at radius 1 is 1.17 bits per heavy atom. The molecule has 1 N–H and O–H groups in total. The Morgan fingerprint density at radius 3 is 2.46 bits per heavy atom. The Hall–Kier alpha value is -2.44. The lowest BCUT2D eigenvalue weighted by molar-refractivity contribution is -0.116. The van der Waals surface area contributed by atoms with E-state index >= 15 is 0 Å². The minimum atomic E-state index is -0.822. The lowest BCUT2D eigenvalue weighted by Crippen LogP contribution is -2.35. The smallest absolute Gasteiger partial charge is 0.255 e. The average Bonchev–Trinajstić information content (AvgIpc) is 2.59. The highest BCUT2D eigenvalue weighted by Gasteiger charge is 2.24. The predicted molar refractivity (Wildman–Crippen MR) is 102 cm³/mol. The third kappa shape index (κ3) is 5.64. The number of carbonyl (C=O) groups is 1. The van der Waals surface area contributed by atoms with Gasteiger partial charge in [0.05, 0.1) is 4.86 Å². The van der Waals surface area contributed by atoms with E-state index in [0.29, 0.717) is 10.7 Å². The average molecular weight is 359 g/mol. The lowest BCUT2D eigenvalue weighted by atomic mass is 10.2. The summed E-state index contributed by atoms with van der Waals surface area (Å²) in [5.41, 5.74) is 1.32. The molecule has 122 valence electrons. The molecule has 1 aliphatic rings. The van der Waals surface area contributed by atoms with Crippen LogP contribution in [0.2, 0.25) is 0 Å². The molecule has 1 aromatic heterocycles. The topological polar surface area (TPSA) is 66.7 Å². The van der Waals surface area contributed by atoms with Crippen LogP contribution in [-0.4, -0.2) is 33.3 Å². The summed E-state index contributed by atoms with van der Waals surface area (Å²) >= 11 is 10.6. The van der Waals surface area contributed by atoms with E-state index in [-0.39, 0.29) is 11.2 Å². The molecule has 0 fully saturated rings. The van der Waals surface area contributed by atoms with Crippen LogP contribution in [0.3, 0.4) is 0 Å². The first-order valence-electron chi connectivity index (χ1n) is 7.11. The van der Waals surface area contributed by atoms with Crippen LogP contribution in [0.25, 0.3) is 0 Å². The van der Waals surface area contributed by atoms with Gasteiger partial charge in [-0.3, -0.25) is 4.79 Å². The number of hydrogen-bond acceptors (Lipinski definition) is 5. The second-order valence-corrected chi connectivity index (χ2v) is 5.63. The van der Waals surface area contributed by atoms with Gasteiger partial charge in [-0.25, -0.2) is 15.0 Å². The lowest BCUT2D eigenvalue weighted by Gasteiger charge is -2.13. The Morgan fingerprint density at radius 2 is 1.88 bits per heavy atom. The van der Waals surface area contributed by atoms with Crippen molar-refractivity contribution in [3.05, 3.63) is 60.3 Å². The van der Waals surface area contributed by atoms with Crippen LogP contribution < -0.4 is 5.32 Å². The number of carbonyl (C=O) groups excluding carboxylic acids is 1. The van der Waals surface area contributed by atoms with Gasteiger partial charge in [0.25, 0.3) is 5.91 Å². The summed E-state index contributed by atoms with van der Waals surface area (Å²) in [5, 5.41) is 2.61. The van der Waals surface area contributed by atoms with Gasteiger partial charge in [0.1, 0.15) is 5.82 Å². The molecule has 24 heavy (non-hydrogen) atoms. The fourth-order valence-corrected chi connectivity index (χ4v) is 2.10. The van der Waals surface area contributed by atoms with Crippen LogP contribution in [0.5, 0.6) is 0 Å². The van der Waals surface area contributed by atoms with Crippen molar-refractivity contribution in [3.8, 4) is 0 Å². The highest BCUT2D eigenvalue weighted by atomic mass is 35.5. The molecule has 1 atom stereocenters. The molecule has 2 aromatic rings. The molecule has 0 spiro atoms. The van der Waals surface area contributed by atoms with E-state index in [9.17, 15) is 4.79 Å². The molecule has 1 aliphatic heterocycles. The number of anilines is 1. The summed E-state index contributed by atoms with van der Waals surface area (Å²) in [7, 11) is 0. The van der Waals surface area contributed by atoms with E-state index < -0.39 is 6.04 Å². The number of amides is 1. The van der Waals surface area contributed by atoms with Crippen LogP contribution in [0.1, 0.15) is 5.56 Å². The maximum Gasteiger partial charge on any atom is 0.255 e. The van der Waals surface area contributed by atoms with E-state index in [1.54, 1.807) is 24.4 Å². The molecular weight excluding hydrogens is 344 g/mol. The molecule has 0 aliphatic carbocycles. The van der Waals surface area contributed by atoms with Gasteiger partial charge in [-0.15, -0.1) is 0 Å². The van der Waals surface area contributed by atoms with Gasteiger partial charge in [0.2, 0.25) is 5.29 Å². The predicted octanol–water partition coefficient (Wildman–Crippen LogP) is 3.43. The molecule has 5 nitrogen and oxygen atoms in total. The number of nitrogens with zero attached hydrogens (tertiary/aromatic N) is 3. The summed E-state index contributed by atoms with van der Waals surface area (Å²) in [6.07, 6.45) is 2.93. The number of rotatable bonds is 2. The zero-order chi connectivity index (χ0) is 17.4. The summed E-state index contributed by atoms with van der Waals surface area (Å²) in [6, 6.07) is 14.6. The van der Waals surface area contributed by atoms with Crippen molar-refractivity contribution in [2.45, 2.75) is 13.0 Å². The van der Waals surface area contributed by atoms with Gasteiger partial charge < -0.3 is 5.32 Å². The maximum absolute atomic E-state index is 11.9. The highest BCUT2D eigenvalue weighted by molar-refractivity contribution is 7.82. The highest BCUT2D eigenvalue weighted by Crippen LogP contribution is 2.08. The Labute approximate surface area is 150 Å². The number of thiocarbonyl (C=S) groups is 1. The van der Waals surface area contributed by atoms with Crippen molar-refractivity contribution >= 4 is 51.9 Å². The Balaban J connectivity index is 0.000000249. The molecule has 1 unspecified atom stereocenters. The molecule has 7 heteroatoms. The molecule has 3 rings (SSSR count). The van der Waals surface area contributed by atoms with Crippen molar-refractivity contribution < 1.29 is 4.79 Å². The summed E-state index contributed by atoms with van der Waals surface area (Å²) < 4.78 is 0. The van der Waals surface area contributed by atoms with Crippen molar-refractivity contribution in [1.29, 1.82) is 0 Å². The van der Waals surface area contributed by atoms with Crippen molar-refractivity contribution in [2.24, 2.45) is 9.98 Å². The van der Waals surface area contributed by atoms with Crippen LogP contribution in [0.4, 0.5) is 5.82 Å². The number of aliphatic imine (C=N–C) groups is 2. The molecule has 0 saturated heterocycles. The molecule has 0 radical (unpaired) electrons. The first kappa shape index (κ1) is 17.9. The third-order valence-corrected chi connectivity index (χ3v) is 3.43. The van der Waals surface area contributed by atoms with E-state index in [1.165, 1.54) is 11.8 Å². The quantitative estimate of drug-likeness (QED) is 0.660. The SMILES string of the molecule is Cc1ccccc1.O=C(Nc1ccccn1)C1N=C(Cl)N=CC1=S. The Kier molecular flexibility index (Phi) is 6.72. The zero-order valence-electron chi connectivity index (χ0n) is 12.9. The van der Waals surface area contributed by atoms with Gasteiger partial charge in [0, 0.05) is 12.4 Å². The molecular formula is C17H15ClN4OS. The minimum Gasteiger partial charge on any atom is -0.308 e. The van der Waals surface area contributed by atoms with Gasteiger partial charge in [-0.2, -0.15) is 0 Å². The molecule has 0 saturated carbocycles. The monoisotopic (exact) mass is 358 g/mol. The van der Waals surface area contributed by atoms with Gasteiger partial charge in [-0.1, -0.05) is 54.2 Å². The van der Waals surface area contributed by atoms with Crippen LogP contribution >= 0.6 is 23.8 Å². The van der Waals surface area contributed by atoms with Crippen LogP contribution in [0, 0.1) is 6.92 Å². The fourth-order valence-electron chi connectivity index (χ4n) is 1.74. The molecule has 0 bridgehead atoms. The largest absolute Gasteiger partial charge is 0.308 e. The van der Waals surface area contributed by atoms with Crippen LogP contribution in [-0.2, 0) is 4.79 Å². The normalized spacial score (nSPS) is 15.8. The minimum absolute atomic E-state index is 0.0137. The maximum atomic E-state index is 11.9. The number of pyridine rings is 1. The van der Waals surface area contributed by atoms with Crippen molar-refractivity contribution in [3.63, 3.8) is 0 Å². The van der Waals surface area contributed by atoms with Gasteiger partial charge >= 0.3 is 0 Å². The van der Waals surface area contributed by atoms with E-state index in [1.807, 2.05) is 18.2 Å². The number of halogens is 1. The van der Waals surface area contributed by atoms with Crippen LogP contribution in [0.15, 0.2) is 64.7 Å². The number of benzene rings is 1. The second-order valence-electron chi connectivity index (χ2n) is 4.82. The van der Waals surface area contributed by atoms with Crippen molar-refractivity contribution in [1.82, 2.24) is 4.98 Å². The zero-order valence-corrected chi connectivity index (χ0v) is 14.5. The van der Waals surface area contributed by atoms with E-state index in [4.69, 9.17) is 23.8 Å². The first-order chi connectivity index (χ1) is 11.6. The van der Waals surface area contributed by atoms with Gasteiger partial charge in [0.15, 0.2) is 6.04 Å². The number of aryl methyl sites for hydroxylation is 1. The summed E-state index contributed by atoms with van der Waals surface area (Å²) in [6.45, 7) is 2.08. The number of nitrogens with one attached hydrogen (secondary N) is 1. The first-order valence-corrected chi connectivity index (χ1v) is 7.89. The number of hydrogen-bond donors (Lipinski definition) is 1. The Bertz CT molecular complexity index is 763. The van der Waals surface area contributed by atoms with E-state index in [2.05, 4.69) is 39.3 Å². The second kappa shape index (κ2) is 9.00. The summed E-state index contributed by atoms with van der Waals surface area (Å²) in [5.74, 6) is 0.0622. The van der Waals surface area contributed by atoms with Gasteiger partial charge in [-0.05, 0) is 30.7 Å². The third-order valence-electron chi connectivity index (χ3n) is 2.91. The molecule has 2 heterocycles. The van der Waals surface area contributed by atoms with E-state index in [0.717, 1.165) is 0 Å². The molecule has 1 amide bonds.